The minimum Gasteiger partial charge on any atom is -0.370 e. The fourth-order valence-corrected chi connectivity index (χ4v) is 2.85. The van der Waals surface area contributed by atoms with Crippen LogP contribution < -0.4 is 16.0 Å². The number of carbonyl (C=O) groups is 2. The first-order valence-electron chi connectivity index (χ1n) is 7.76. The number of hydrogen-bond donors (Lipinski definition) is 2. The molecule has 142 valence electrons. The van der Waals surface area contributed by atoms with E-state index < -0.39 is 35.4 Å². The molecule has 0 aromatic heterocycles. The van der Waals surface area contributed by atoms with E-state index in [0.717, 1.165) is 6.07 Å². The van der Waals surface area contributed by atoms with Crippen LogP contribution in [0, 0.1) is 16.0 Å². The minimum atomic E-state index is -4.50. The summed E-state index contributed by atoms with van der Waals surface area (Å²) in [6, 6.07) is 3.61. The van der Waals surface area contributed by atoms with Gasteiger partial charge in [-0.3, -0.25) is 19.7 Å². The number of hydrogen-bond acceptors (Lipinski definition) is 5. The normalized spacial score (nSPS) is 17.7. The lowest BCUT2D eigenvalue weighted by Gasteiger charge is -2.34. The molecule has 1 aromatic rings. The number of primary amides is 1. The third-order valence-corrected chi connectivity index (χ3v) is 4.05. The number of halogens is 3. The number of nitrogens with two attached hydrogens (primary N) is 1. The van der Waals surface area contributed by atoms with Crippen LogP contribution in [0.4, 0.5) is 24.5 Å². The zero-order valence-corrected chi connectivity index (χ0v) is 13.6. The van der Waals surface area contributed by atoms with E-state index in [9.17, 15) is 32.9 Å². The molecule has 1 aliphatic heterocycles. The van der Waals surface area contributed by atoms with Crippen LogP contribution >= 0.6 is 0 Å². The Hall–Kier alpha value is -2.85. The summed E-state index contributed by atoms with van der Waals surface area (Å²) < 4.78 is 36.7. The van der Waals surface area contributed by atoms with E-state index in [1.807, 2.05) is 5.32 Å². The highest BCUT2D eigenvalue weighted by Gasteiger charge is 2.32. The Bertz CT molecular complexity index is 723. The summed E-state index contributed by atoms with van der Waals surface area (Å²) in [4.78, 5) is 35.4. The lowest BCUT2D eigenvalue weighted by Crippen LogP contribution is -2.45. The molecule has 2 rings (SSSR count). The molecule has 0 spiro atoms. The number of nitrogens with zero attached hydrogens (tertiary/aromatic N) is 2. The maximum atomic E-state index is 12.2. The third-order valence-electron chi connectivity index (χ3n) is 4.05. The van der Waals surface area contributed by atoms with Crippen LogP contribution in [0.15, 0.2) is 18.2 Å². The van der Waals surface area contributed by atoms with E-state index in [-0.39, 0.29) is 17.8 Å². The standard InChI is InChI=1S/C15H17F3N4O4/c16-15(17,18)8-20-14(24)9-2-1-5-21(7-9)12-4-3-10(22(25)26)6-11(12)13(19)23/h3-4,6,9H,1-2,5,7-8H2,(H2,19,23)(H,20,24). The van der Waals surface area contributed by atoms with Crippen molar-refractivity contribution in [1.82, 2.24) is 5.32 Å². The number of piperidine rings is 1. The van der Waals surface area contributed by atoms with Crippen molar-refractivity contribution in [3.05, 3.63) is 33.9 Å². The van der Waals surface area contributed by atoms with Crippen molar-refractivity contribution in [3.63, 3.8) is 0 Å². The summed E-state index contributed by atoms with van der Waals surface area (Å²) in [7, 11) is 0. The Morgan fingerprint density at radius 2 is 2.08 bits per heavy atom. The molecular weight excluding hydrogens is 357 g/mol. The SMILES string of the molecule is NC(=O)c1cc([N+](=O)[O-])ccc1N1CCCC(C(=O)NCC(F)(F)F)C1. The van der Waals surface area contributed by atoms with Gasteiger partial charge in [-0.15, -0.1) is 0 Å². The summed E-state index contributed by atoms with van der Waals surface area (Å²) >= 11 is 0. The van der Waals surface area contributed by atoms with Crippen molar-refractivity contribution < 1.29 is 27.7 Å². The monoisotopic (exact) mass is 374 g/mol. The van der Waals surface area contributed by atoms with Gasteiger partial charge in [0.05, 0.1) is 22.1 Å². The fraction of sp³-hybridized carbons (Fsp3) is 0.467. The van der Waals surface area contributed by atoms with Gasteiger partial charge in [0, 0.05) is 25.2 Å². The van der Waals surface area contributed by atoms with Crippen LogP contribution in [-0.4, -0.2) is 42.5 Å². The highest BCUT2D eigenvalue weighted by atomic mass is 19.4. The summed E-state index contributed by atoms with van der Waals surface area (Å²) in [5.41, 5.74) is 5.22. The van der Waals surface area contributed by atoms with Gasteiger partial charge in [0.15, 0.2) is 0 Å². The number of nitrogens with one attached hydrogen (secondary N) is 1. The molecule has 1 saturated heterocycles. The second-order valence-electron chi connectivity index (χ2n) is 5.94. The Kier molecular flexibility index (Phi) is 5.68. The van der Waals surface area contributed by atoms with Crippen LogP contribution in [0.2, 0.25) is 0 Å². The first-order valence-corrected chi connectivity index (χ1v) is 7.76. The minimum absolute atomic E-state index is 0.0736. The summed E-state index contributed by atoms with van der Waals surface area (Å²) in [5.74, 6) is -2.29. The average Bonchev–Trinajstić information content (AvgIpc) is 2.58. The van der Waals surface area contributed by atoms with Crippen LogP contribution in [0.5, 0.6) is 0 Å². The summed E-state index contributed by atoms with van der Waals surface area (Å²) in [6.45, 7) is -0.880. The van der Waals surface area contributed by atoms with Crippen molar-refractivity contribution in [3.8, 4) is 0 Å². The number of nitro groups is 1. The number of non-ortho nitro benzene ring substituents is 1. The topological polar surface area (TPSA) is 119 Å². The number of alkyl halides is 3. The molecule has 26 heavy (non-hydrogen) atoms. The Morgan fingerprint density at radius 1 is 1.38 bits per heavy atom. The molecule has 0 radical (unpaired) electrons. The molecule has 8 nitrogen and oxygen atoms in total. The highest BCUT2D eigenvalue weighted by Crippen LogP contribution is 2.29. The lowest BCUT2D eigenvalue weighted by atomic mass is 9.95. The van der Waals surface area contributed by atoms with Gasteiger partial charge in [-0.1, -0.05) is 0 Å². The van der Waals surface area contributed by atoms with Crippen molar-refractivity contribution in [2.75, 3.05) is 24.5 Å². The van der Waals surface area contributed by atoms with Crippen molar-refractivity contribution in [1.29, 1.82) is 0 Å². The second kappa shape index (κ2) is 7.58. The predicted octanol–water partition coefficient (Wildman–Crippen LogP) is 1.59. The molecule has 1 atom stereocenters. The van der Waals surface area contributed by atoms with Crippen LogP contribution in [0.3, 0.4) is 0 Å². The molecule has 1 heterocycles. The largest absolute Gasteiger partial charge is 0.405 e. The van der Waals surface area contributed by atoms with Gasteiger partial charge in [-0.05, 0) is 18.9 Å². The molecule has 2 amide bonds. The highest BCUT2D eigenvalue weighted by molar-refractivity contribution is 5.99. The third kappa shape index (κ3) is 4.83. The molecular formula is C15H17F3N4O4. The van der Waals surface area contributed by atoms with Gasteiger partial charge >= 0.3 is 6.18 Å². The van der Waals surface area contributed by atoms with Gasteiger partial charge in [0.25, 0.3) is 11.6 Å². The van der Waals surface area contributed by atoms with Gasteiger partial charge in [0.2, 0.25) is 5.91 Å². The lowest BCUT2D eigenvalue weighted by molar-refractivity contribution is -0.384. The van der Waals surface area contributed by atoms with Gasteiger partial charge in [-0.25, -0.2) is 0 Å². The molecule has 0 saturated carbocycles. The molecule has 11 heteroatoms. The molecule has 3 N–H and O–H groups in total. The fourth-order valence-electron chi connectivity index (χ4n) is 2.85. The number of carbonyl (C=O) groups excluding carboxylic acids is 2. The van der Waals surface area contributed by atoms with E-state index in [1.54, 1.807) is 4.90 Å². The van der Waals surface area contributed by atoms with Crippen molar-refractivity contribution >= 4 is 23.2 Å². The Labute approximate surface area is 146 Å². The van der Waals surface area contributed by atoms with E-state index >= 15 is 0 Å². The van der Waals surface area contributed by atoms with Crippen molar-refractivity contribution in [2.45, 2.75) is 19.0 Å². The number of amides is 2. The van der Waals surface area contributed by atoms with E-state index in [2.05, 4.69) is 0 Å². The van der Waals surface area contributed by atoms with Crippen LogP contribution in [-0.2, 0) is 4.79 Å². The first kappa shape index (κ1) is 19.5. The Balaban J connectivity index is 2.17. The number of benzene rings is 1. The molecule has 1 aliphatic rings. The molecule has 1 unspecified atom stereocenters. The number of rotatable bonds is 5. The van der Waals surface area contributed by atoms with E-state index in [0.29, 0.717) is 25.1 Å². The quantitative estimate of drug-likeness (QED) is 0.599. The smallest absolute Gasteiger partial charge is 0.370 e. The van der Waals surface area contributed by atoms with Gasteiger partial charge in [0.1, 0.15) is 6.54 Å². The van der Waals surface area contributed by atoms with Crippen molar-refractivity contribution in [2.24, 2.45) is 11.7 Å². The maximum Gasteiger partial charge on any atom is 0.405 e. The summed E-state index contributed by atoms with van der Waals surface area (Å²) in [6.07, 6.45) is -3.58. The van der Waals surface area contributed by atoms with Gasteiger partial charge < -0.3 is 16.0 Å². The predicted molar refractivity (Wildman–Crippen MR) is 85.6 cm³/mol. The molecule has 1 fully saturated rings. The maximum absolute atomic E-state index is 12.2. The van der Waals surface area contributed by atoms with Gasteiger partial charge in [-0.2, -0.15) is 13.2 Å². The zero-order valence-electron chi connectivity index (χ0n) is 13.6. The van der Waals surface area contributed by atoms with Crippen LogP contribution in [0.25, 0.3) is 0 Å². The average molecular weight is 374 g/mol. The Morgan fingerprint density at radius 3 is 2.65 bits per heavy atom. The molecule has 1 aromatic carbocycles. The van der Waals surface area contributed by atoms with E-state index in [4.69, 9.17) is 5.73 Å². The number of nitro benzene ring substituents is 1. The molecule has 0 aliphatic carbocycles. The first-order chi connectivity index (χ1) is 12.1. The summed E-state index contributed by atoms with van der Waals surface area (Å²) in [5, 5.41) is 12.7. The van der Waals surface area contributed by atoms with E-state index in [1.165, 1.54) is 12.1 Å². The van der Waals surface area contributed by atoms with Crippen LogP contribution in [0.1, 0.15) is 23.2 Å². The molecule has 0 bridgehead atoms. The second-order valence-corrected chi connectivity index (χ2v) is 5.94. The number of anilines is 1. The zero-order chi connectivity index (χ0) is 19.5.